The smallest absolute Gasteiger partial charge is 0.415 e. The molecule has 0 spiro atoms. The van der Waals surface area contributed by atoms with Crippen LogP contribution in [0.4, 0.5) is 4.79 Å². The molecule has 0 bridgehead atoms. The topological polar surface area (TPSA) is 134 Å². The van der Waals surface area contributed by atoms with Crippen molar-refractivity contribution in [3.05, 3.63) is 56.9 Å². The van der Waals surface area contributed by atoms with Gasteiger partial charge in [-0.1, -0.05) is 20.3 Å². The van der Waals surface area contributed by atoms with Gasteiger partial charge in [-0.2, -0.15) is 0 Å². The molecule has 2 N–H and O–H groups in total. The normalized spacial score (nSPS) is 23.7. The fraction of sp³-hybridized carbons (Fsp3) is 0.515. The first-order valence-electron chi connectivity index (χ1n) is 15.8. The highest BCUT2D eigenvalue weighted by Crippen LogP contribution is 2.42. The number of esters is 1. The van der Waals surface area contributed by atoms with Crippen LogP contribution in [-0.4, -0.2) is 73.8 Å². The number of amides is 1. The van der Waals surface area contributed by atoms with Crippen molar-refractivity contribution in [3.8, 4) is 17.1 Å². The monoisotopic (exact) mass is 602 g/mol. The maximum absolute atomic E-state index is 13.6. The molecular weight excluding hydrogens is 564 g/mol. The number of pyridine rings is 2. The van der Waals surface area contributed by atoms with Crippen molar-refractivity contribution in [2.45, 2.75) is 83.3 Å². The first-order valence-corrected chi connectivity index (χ1v) is 15.8. The van der Waals surface area contributed by atoms with Crippen LogP contribution in [0.15, 0.2) is 29.1 Å². The van der Waals surface area contributed by atoms with Gasteiger partial charge in [0.2, 0.25) is 6.29 Å². The van der Waals surface area contributed by atoms with Crippen molar-refractivity contribution in [2.24, 2.45) is 0 Å². The summed E-state index contributed by atoms with van der Waals surface area (Å²) in [6.07, 6.45) is 4.24. The summed E-state index contributed by atoms with van der Waals surface area (Å²) in [5, 5.41) is 22.5. The quantitative estimate of drug-likeness (QED) is 0.336. The molecule has 11 heteroatoms. The molecule has 1 unspecified atom stereocenters. The van der Waals surface area contributed by atoms with Crippen LogP contribution in [0, 0.1) is 0 Å². The molecule has 0 saturated carbocycles. The van der Waals surface area contributed by atoms with Gasteiger partial charge in [-0.15, -0.1) is 0 Å². The number of aliphatic hydroxyl groups is 2. The number of aliphatic hydroxyl groups excluding tert-OH is 1. The Morgan fingerprint density at radius 3 is 2.55 bits per heavy atom. The van der Waals surface area contributed by atoms with Crippen LogP contribution in [0.5, 0.6) is 5.75 Å². The maximum Gasteiger partial charge on any atom is 0.415 e. The number of rotatable bonds is 4. The van der Waals surface area contributed by atoms with Crippen LogP contribution in [-0.2, 0) is 28.1 Å². The van der Waals surface area contributed by atoms with Gasteiger partial charge >= 0.3 is 12.1 Å². The Bertz CT molecular complexity index is 1720. The van der Waals surface area contributed by atoms with Crippen LogP contribution in [0.3, 0.4) is 0 Å². The summed E-state index contributed by atoms with van der Waals surface area (Å²) in [5.41, 5.74) is 0.864. The van der Waals surface area contributed by atoms with Gasteiger partial charge in [-0.05, 0) is 81.4 Å². The van der Waals surface area contributed by atoms with Gasteiger partial charge in [0, 0.05) is 35.6 Å². The molecule has 1 aromatic carbocycles. The molecule has 0 radical (unpaired) electrons. The van der Waals surface area contributed by atoms with E-state index in [4.69, 9.17) is 14.5 Å². The van der Waals surface area contributed by atoms with E-state index in [2.05, 4.69) is 4.90 Å². The largest absolute Gasteiger partial charge is 0.429 e. The minimum Gasteiger partial charge on any atom is -0.429 e. The molecule has 1 amide bonds. The number of hydrogen-bond acceptors (Lipinski definition) is 9. The second-order valence-corrected chi connectivity index (χ2v) is 12.4. The Balaban J connectivity index is 1.18. The molecule has 2 fully saturated rings. The van der Waals surface area contributed by atoms with E-state index >= 15 is 0 Å². The number of fused-ring (bicyclic) bond motifs is 5. The lowest BCUT2D eigenvalue weighted by Crippen LogP contribution is -2.48. The average molecular weight is 603 g/mol. The lowest BCUT2D eigenvalue weighted by atomic mass is 9.85. The molecule has 232 valence electrons. The van der Waals surface area contributed by atoms with Crippen molar-refractivity contribution in [2.75, 3.05) is 26.2 Å². The Morgan fingerprint density at radius 2 is 1.84 bits per heavy atom. The van der Waals surface area contributed by atoms with Crippen molar-refractivity contribution < 1.29 is 29.3 Å². The third-order valence-electron chi connectivity index (χ3n) is 10.0. The van der Waals surface area contributed by atoms with Gasteiger partial charge in [-0.25, -0.2) is 14.6 Å². The Hall–Kier alpha value is -3.80. The summed E-state index contributed by atoms with van der Waals surface area (Å²) in [4.78, 5) is 48.6. The summed E-state index contributed by atoms with van der Waals surface area (Å²) in [6.45, 7) is 7.51. The van der Waals surface area contributed by atoms with E-state index in [0.717, 1.165) is 42.4 Å². The minimum absolute atomic E-state index is 0.0232. The van der Waals surface area contributed by atoms with Crippen LogP contribution < -0.4 is 10.3 Å². The zero-order chi connectivity index (χ0) is 30.7. The molecule has 6 heterocycles. The predicted molar refractivity (Wildman–Crippen MR) is 161 cm³/mol. The first kappa shape index (κ1) is 28.9. The van der Waals surface area contributed by atoms with Gasteiger partial charge in [0.05, 0.1) is 29.0 Å². The van der Waals surface area contributed by atoms with Gasteiger partial charge < -0.3 is 34.1 Å². The number of aryl methyl sites for hydroxylation is 1. The lowest BCUT2D eigenvalue weighted by molar-refractivity contribution is -0.199. The summed E-state index contributed by atoms with van der Waals surface area (Å²) in [6, 6.07) is 7.50. The van der Waals surface area contributed by atoms with Gasteiger partial charge in [0.1, 0.15) is 5.75 Å². The Morgan fingerprint density at radius 1 is 1.09 bits per heavy atom. The molecule has 2 aromatic heterocycles. The van der Waals surface area contributed by atoms with Gasteiger partial charge in [0.25, 0.3) is 5.56 Å². The molecule has 3 aromatic rings. The lowest BCUT2D eigenvalue weighted by Gasteiger charge is -2.39. The molecule has 44 heavy (non-hydrogen) atoms. The number of piperidine rings is 2. The second kappa shape index (κ2) is 11.0. The molecule has 7 rings (SSSR count). The highest BCUT2D eigenvalue weighted by Gasteiger charge is 2.48. The van der Waals surface area contributed by atoms with Crippen LogP contribution in [0.1, 0.15) is 80.9 Å². The fourth-order valence-corrected chi connectivity index (χ4v) is 7.52. The number of carbonyl (C=O) groups is 2. The molecule has 4 aliphatic heterocycles. The highest BCUT2D eigenvalue weighted by molar-refractivity contribution is 5.90. The van der Waals surface area contributed by atoms with Crippen molar-refractivity contribution in [1.82, 2.24) is 19.4 Å². The zero-order valence-corrected chi connectivity index (χ0v) is 25.2. The Kier molecular flexibility index (Phi) is 7.22. The van der Waals surface area contributed by atoms with Crippen LogP contribution in [0.25, 0.3) is 22.3 Å². The van der Waals surface area contributed by atoms with Crippen LogP contribution >= 0.6 is 0 Å². The minimum atomic E-state index is -2.04. The molecule has 2 atom stereocenters. The van der Waals surface area contributed by atoms with E-state index in [1.165, 1.54) is 23.8 Å². The second-order valence-electron chi connectivity index (χ2n) is 12.4. The van der Waals surface area contributed by atoms with E-state index in [1.807, 2.05) is 19.1 Å². The maximum atomic E-state index is 13.6. The molecular formula is C33H38N4O7. The van der Waals surface area contributed by atoms with Crippen LogP contribution in [0.2, 0.25) is 0 Å². The van der Waals surface area contributed by atoms with E-state index in [0.29, 0.717) is 48.2 Å². The van der Waals surface area contributed by atoms with E-state index < -0.39 is 23.4 Å². The van der Waals surface area contributed by atoms with Crippen molar-refractivity contribution in [1.29, 1.82) is 0 Å². The number of cyclic esters (lactones) is 1. The third-order valence-corrected chi connectivity index (χ3v) is 10.0. The fourth-order valence-electron chi connectivity index (χ4n) is 7.52. The van der Waals surface area contributed by atoms with Gasteiger partial charge in [0.15, 0.2) is 5.60 Å². The SMILES string of the molecule is CCc1c2c(nc3ccc(OC(=O)N4CCC(N5CCCCC5)CC4)cc13)-c1cc3c(c(=O)n1C2)C(O)OC(=O)[C@]3(O)CC. The highest BCUT2D eigenvalue weighted by atomic mass is 16.6. The molecule has 4 aliphatic rings. The third kappa shape index (κ3) is 4.52. The van der Waals surface area contributed by atoms with Crippen molar-refractivity contribution >= 4 is 23.0 Å². The van der Waals surface area contributed by atoms with Crippen molar-refractivity contribution in [3.63, 3.8) is 0 Å². The molecule has 11 nitrogen and oxygen atoms in total. The number of benzene rings is 1. The molecule has 2 saturated heterocycles. The first-order chi connectivity index (χ1) is 21.2. The standard InChI is InChI=1S/C33H38N4O7/c1-3-21-22-16-20(43-32(41)36-14-10-19(11-15-36)35-12-6-5-7-13-35)8-9-25(22)34-28-23(21)18-37-26(28)17-24-27(29(37)38)30(39)44-31(40)33(24,42)4-2/h8-9,16-17,19,30,39,42H,3-7,10-15,18H2,1-2H3/t30?,33-/m0/s1. The predicted octanol–water partition coefficient (Wildman–Crippen LogP) is 3.58. The molecule has 0 aliphatic carbocycles. The number of likely N-dealkylation sites (tertiary alicyclic amines) is 2. The number of carbonyl (C=O) groups excluding carboxylic acids is 2. The average Bonchev–Trinajstić information content (AvgIpc) is 3.41. The van der Waals surface area contributed by atoms with E-state index in [-0.39, 0.29) is 30.2 Å². The van der Waals surface area contributed by atoms with E-state index in [9.17, 15) is 24.6 Å². The summed E-state index contributed by atoms with van der Waals surface area (Å²) < 4.78 is 12.3. The Labute approximate surface area is 255 Å². The summed E-state index contributed by atoms with van der Waals surface area (Å²) >= 11 is 0. The number of ether oxygens (including phenoxy) is 2. The van der Waals surface area contributed by atoms with Gasteiger partial charge in [-0.3, -0.25) is 4.79 Å². The summed E-state index contributed by atoms with van der Waals surface area (Å²) in [5.74, 6) is -0.552. The van der Waals surface area contributed by atoms with E-state index in [1.54, 1.807) is 24.0 Å². The number of hydrogen-bond donors (Lipinski definition) is 2. The number of nitrogens with zero attached hydrogens (tertiary/aromatic N) is 4. The zero-order valence-electron chi connectivity index (χ0n) is 25.2. The number of aromatic nitrogens is 2. The summed E-state index contributed by atoms with van der Waals surface area (Å²) in [7, 11) is 0.